The number of hydrogen-bond donors (Lipinski definition) is 4. The summed E-state index contributed by atoms with van der Waals surface area (Å²) in [6.45, 7) is 0.662. The van der Waals surface area contributed by atoms with Crippen LogP contribution in [0.3, 0.4) is 0 Å². The van der Waals surface area contributed by atoms with Crippen LogP contribution in [-0.4, -0.2) is 6.54 Å². The van der Waals surface area contributed by atoms with Crippen LogP contribution in [0.1, 0.15) is 5.56 Å². The molecule has 0 atom stereocenters. The third-order valence-electron chi connectivity index (χ3n) is 2.82. The van der Waals surface area contributed by atoms with E-state index in [9.17, 15) is 0 Å². The van der Waals surface area contributed by atoms with Gasteiger partial charge in [-0.1, -0.05) is 23.8 Å². The van der Waals surface area contributed by atoms with Crippen molar-refractivity contribution in [1.82, 2.24) is 0 Å². The summed E-state index contributed by atoms with van der Waals surface area (Å²) < 4.78 is 0. The fourth-order valence-corrected chi connectivity index (χ4v) is 2.00. The molecule has 0 fully saturated rings. The van der Waals surface area contributed by atoms with Gasteiger partial charge in [-0.05, 0) is 36.4 Å². The SMILES string of the molecule is Nc1ccc(NCC=Cc2cc(N)cc(Cl)c2N)cc1. The zero-order chi connectivity index (χ0) is 14.5. The average Bonchev–Trinajstić information content (AvgIpc) is 2.42. The van der Waals surface area contributed by atoms with E-state index in [1.165, 1.54) is 0 Å². The van der Waals surface area contributed by atoms with Gasteiger partial charge in [0.2, 0.25) is 0 Å². The maximum atomic E-state index is 5.98. The molecule has 0 aromatic heterocycles. The lowest BCUT2D eigenvalue weighted by Gasteiger charge is -2.06. The van der Waals surface area contributed by atoms with Crippen molar-refractivity contribution < 1.29 is 0 Å². The number of benzene rings is 2. The number of halogens is 1. The van der Waals surface area contributed by atoms with Gasteiger partial charge in [0.1, 0.15) is 0 Å². The molecule has 0 aliphatic heterocycles. The minimum absolute atomic E-state index is 0.469. The van der Waals surface area contributed by atoms with Gasteiger partial charge in [0.25, 0.3) is 0 Å². The van der Waals surface area contributed by atoms with Crippen molar-refractivity contribution >= 4 is 40.4 Å². The Hall–Kier alpha value is -2.33. The molecule has 2 aromatic rings. The van der Waals surface area contributed by atoms with E-state index in [0.717, 1.165) is 16.9 Å². The summed E-state index contributed by atoms with van der Waals surface area (Å²) in [7, 11) is 0. The largest absolute Gasteiger partial charge is 0.399 e. The maximum Gasteiger partial charge on any atom is 0.0662 e. The first-order chi connectivity index (χ1) is 9.56. The van der Waals surface area contributed by atoms with Crippen LogP contribution in [0.4, 0.5) is 22.7 Å². The monoisotopic (exact) mass is 288 g/mol. The minimum atomic E-state index is 0.469. The Morgan fingerprint density at radius 1 is 1.00 bits per heavy atom. The molecule has 2 rings (SSSR count). The minimum Gasteiger partial charge on any atom is -0.399 e. The van der Waals surface area contributed by atoms with E-state index < -0.39 is 0 Å². The molecule has 0 amide bonds. The van der Waals surface area contributed by atoms with Crippen molar-refractivity contribution in [2.45, 2.75) is 0 Å². The number of hydrogen-bond acceptors (Lipinski definition) is 4. The van der Waals surface area contributed by atoms with Crippen molar-refractivity contribution in [1.29, 1.82) is 0 Å². The first-order valence-corrected chi connectivity index (χ1v) is 6.54. The molecule has 0 aliphatic carbocycles. The van der Waals surface area contributed by atoms with Crippen LogP contribution in [0.5, 0.6) is 0 Å². The number of nitrogens with one attached hydrogen (secondary N) is 1. The summed E-state index contributed by atoms with van der Waals surface area (Å²) in [5, 5.41) is 3.71. The molecule has 0 saturated heterocycles. The van der Waals surface area contributed by atoms with Crippen molar-refractivity contribution in [3.63, 3.8) is 0 Å². The van der Waals surface area contributed by atoms with Gasteiger partial charge in [-0.15, -0.1) is 0 Å². The smallest absolute Gasteiger partial charge is 0.0662 e. The van der Waals surface area contributed by atoms with Crippen LogP contribution in [-0.2, 0) is 0 Å². The fraction of sp³-hybridized carbons (Fsp3) is 0.0667. The van der Waals surface area contributed by atoms with E-state index >= 15 is 0 Å². The standard InChI is InChI=1S/C15H17ClN4/c16-14-9-12(18)8-10(15(14)19)2-1-7-20-13-5-3-11(17)4-6-13/h1-6,8-9,20H,7,17-19H2. The molecule has 0 saturated carbocycles. The molecular formula is C15H17ClN4. The van der Waals surface area contributed by atoms with Gasteiger partial charge in [-0.3, -0.25) is 0 Å². The highest BCUT2D eigenvalue weighted by Crippen LogP contribution is 2.27. The Morgan fingerprint density at radius 3 is 2.40 bits per heavy atom. The quantitative estimate of drug-likeness (QED) is 0.650. The molecule has 104 valence electrons. The summed E-state index contributed by atoms with van der Waals surface area (Å²) in [6, 6.07) is 11.0. The van der Waals surface area contributed by atoms with Gasteiger partial charge in [0.05, 0.1) is 10.7 Å². The second-order valence-corrected chi connectivity index (χ2v) is 4.82. The summed E-state index contributed by atoms with van der Waals surface area (Å²) in [5.74, 6) is 0. The summed E-state index contributed by atoms with van der Waals surface area (Å²) in [4.78, 5) is 0. The molecule has 20 heavy (non-hydrogen) atoms. The van der Waals surface area contributed by atoms with Crippen LogP contribution in [0.25, 0.3) is 6.08 Å². The second-order valence-electron chi connectivity index (χ2n) is 4.41. The third kappa shape index (κ3) is 3.59. The lowest BCUT2D eigenvalue weighted by molar-refractivity contribution is 1.34. The van der Waals surface area contributed by atoms with E-state index in [0.29, 0.717) is 22.9 Å². The van der Waals surface area contributed by atoms with Crippen molar-refractivity contribution in [2.24, 2.45) is 0 Å². The molecule has 4 nitrogen and oxygen atoms in total. The highest BCUT2D eigenvalue weighted by atomic mass is 35.5. The van der Waals surface area contributed by atoms with Crippen molar-refractivity contribution in [3.05, 3.63) is 53.1 Å². The lowest BCUT2D eigenvalue weighted by atomic mass is 10.1. The van der Waals surface area contributed by atoms with Crippen LogP contribution in [0.2, 0.25) is 5.02 Å². The first kappa shape index (κ1) is 14.1. The molecule has 0 heterocycles. The van der Waals surface area contributed by atoms with E-state index in [-0.39, 0.29) is 0 Å². The highest BCUT2D eigenvalue weighted by Gasteiger charge is 2.02. The first-order valence-electron chi connectivity index (χ1n) is 6.16. The average molecular weight is 289 g/mol. The van der Waals surface area contributed by atoms with E-state index in [4.69, 9.17) is 28.8 Å². The van der Waals surface area contributed by atoms with Gasteiger partial charge in [-0.25, -0.2) is 0 Å². The number of nitrogens with two attached hydrogens (primary N) is 3. The fourth-order valence-electron chi connectivity index (χ4n) is 1.76. The molecule has 5 heteroatoms. The number of nitrogen functional groups attached to an aromatic ring is 3. The molecule has 7 N–H and O–H groups in total. The number of rotatable bonds is 4. The van der Waals surface area contributed by atoms with Gasteiger partial charge in [0, 0.05) is 29.2 Å². The topological polar surface area (TPSA) is 90.1 Å². The lowest BCUT2D eigenvalue weighted by Crippen LogP contribution is -1.99. The maximum absolute atomic E-state index is 5.98. The predicted molar refractivity (Wildman–Crippen MR) is 88.7 cm³/mol. The highest BCUT2D eigenvalue weighted by molar-refractivity contribution is 6.33. The van der Waals surface area contributed by atoms with Crippen LogP contribution in [0.15, 0.2) is 42.5 Å². The molecule has 0 spiro atoms. The van der Waals surface area contributed by atoms with Crippen molar-refractivity contribution in [2.75, 3.05) is 29.1 Å². The predicted octanol–water partition coefficient (Wildman–Crippen LogP) is 3.21. The molecule has 0 unspecified atom stereocenters. The van der Waals surface area contributed by atoms with E-state index in [1.807, 2.05) is 36.4 Å². The second kappa shape index (κ2) is 6.21. The van der Waals surface area contributed by atoms with Gasteiger partial charge >= 0.3 is 0 Å². The van der Waals surface area contributed by atoms with E-state index in [1.54, 1.807) is 12.1 Å². The number of anilines is 4. The molecule has 0 aliphatic rings. The zero-order valence-corrected chi connectivity index (χ0v) is 11.7. The van der Waals surface area contributed by atoms with Gasteiger partial charge in [0.15, 0.2) is 0 Å². The summed E-state index contributed by atoms with van der Waals surface area (Å²) in [6.07, 6.45) is 3.85. The Labute approximate surface area is 123 Å². The van der Waals surface area contributed by atoms with Gasteiger partial charge < -0.3 is 22.5 Å². The van der Waals surface area contributed by atoms with Crippen molar-refractivity contribution in [3.8, 4) is 0 Å². The zero-order valence-electron chi connectivity index (χ0n) is 10.9. The normalized spacial score (nSPS) is 10.8. The van der Waals surface area contributed by atoms with Gasteiger partial charge in [-0.2, -0.15) is 0 Å². The molecular weight excluding hydrogens is 272 g/mol. The Bertz CT molecular complexity index is 621. The summed E-state index contributed by atoms with van der Waals surface area (Å²) in [5.41, 5.74) is 20.9. The van der Waals surface area contributed by atoms with E-state index in [2.05, 4.69) is 5.32 Å². The van der Waals surface area contributed by atoms with Crippen LogP contribution < -0.4 is 22.5 Å². The molecule has 0 radical (unpaired) electrons. The summed E-state index contributed by atoms with van der Waals surface area (Å²) >= 11 is 5.98. The Kier molecular flexibility index (Phi) is 4.38. The van der Waals surface area contributed by atoms with Crippen LogP contribution >= 0.6 is 11.6 Å². The molecule has 0 bridgehead atoms. The van der Waals surface area contributed by atoms with Crippen LogP contribution in [0, 0.1) is 0 Å². The Morgan fingerprint density at radius 2 is 1.70 bits per heavy atom. The Balaban J connectivity index is 1.98. The third-order valence-corrected chi connectivity index (χ3v) is 3.13. The molecule has 2 aromatic carbocycles.